The highest BCUT2D eigenvalue weighted by Crippen LogP contribution is 2.28. The summed E-state index contributed by atoms with van der Waals surface area (Å²) >= 11 is 0. The number of rotatable bonds is 4. The first-order chi connectivity index (χ1) is 13.6. The topological polar surface area (TPSA) is 33.2 Å². The molecule has 0 radical (unpaired) electrons. The predicted molar refractivity (Wildman–Crippen MR) is 114 cm³/mol. The lowest BCUT2D eigenvalue weighted by Gasteiger charge is -2.20. The van der Waals surface area contributed by atoms with Gasteiger partial charge in [0.2, 0.25) is 0 Å². The fourth-order valence-electron chi connectivity index (χ4n) is 3.61. The summed E-state index contributed by atoms with van der Waals surface area (Å²) in [5.41, 5.74) is 5.91. The lowest BCUT2D eigenvalue weighted by molar-refractivity contribution is 0.0786. The largest absolute Gasteiger partial charge is 0.337 e. The lowest BCUT2D eigenvalue weighted by atomic mass is 9.95. The van der Waals surface area contributed by atoms with Gasteiger partial charge in [-0.1, -0.05) is 66.7 Å². The van der Waals surface area contributed by atoms with Crippen molar-refractivity contribution in [3.8, 4) is 11.1 Å². The average molecular weight is 366 g/mol. The SMILES string of the molecule is Cc1ccccc1-c1ccccc1C(=O)N(C)Cc1cccc2cccnc12. The number of hydrogen-bond acceptors (Lipinski definition) is 2. The van der Waals surface area contributed by atoms with E-state index in [9.17, 15) is 4.79 Å². The van der Waals surface area contributed by atoms with Gasteiger partial charge in [-0.3, -0.25) is 9.78 Å². The first-order valence-electron chi connectivity index (χ1n) is 9.38. The van der Waals surface area contributed by atoms with E-state index in [1.54, 1.807) is 11.1 Å². The maximum Gasteiger partial charge on any atom is 0.254 e. The first-order valence-corrected chi connectivity index (χ1v) is 9.38. The molecule has 0 N–H and O–H groups in total. The maximum atomic E-state index is 13.3. The third-order valence-corrected chi connectivity index (χ3v) is 5.06. The van der Waals surface area contributed by atoms with Crippen molar-refractivity contribution < 1.29 is 4.79 Å². The van der Waals surface area contributed by atoms with Crippen LogP contribution in [0.15, 0.2) is 85.1 Å². The van der Waals surface area contributed by atoms with E-state index in [4.69, 9.17) is 0 Å². The van der Waals surface area contributed by atoms with Gasteiger partial charge in [0.1, 0.15) is 0 Å². The molecule has 4 rings (SSSR count). The van der Waals surface area contributed by atoms with E-state index in [1.807, 2.05) is 73.8 Å². The zero-order valence-electron chi connectivity index (χ0n) is 16.1. The van der Waals surface area contributed by atoms with E-state index in [0.29, 0.717) is 12.1 Å². The van der Waals surface area contributed by atoms with E-state index in [-0.39, 0.29) is 5.91 Å². The van der Waals surface area contributed by atoms with Gasteiger partial charge in [-0.05, 0) is 41.3 Å². The molecule has 0 saturated heterocycles. The Hall–Kier alpha value is -3.46. The minimum atomic E-state index is 0.00628. The van der Waals surface area contributed by atoms with Crippen molar-refractivity contribution in [1.82, 2.24) is 9.88 Å². The minimum Gasteiger partial charge on any atom is -0.337 e. The van der Waals surface area contributed by atoms with Crippen molar-refractivity contribution >= 4 is 16.8 Å². The molecule has 0 aliphatic rings. The van der Waals surface area contributed by atoms with Gasteiger partial charge in [0.25, 0.3) is 5.91 Å². The Kier molecular flexibility index (Phi) is 4.90. The van der Waals surface area contributed by atoms with Crippen LogP contribution >= 0.6 is 0 Å². The highest BCUT2D eigenvalue weighted by atomic mass is 16.2. The molecule has 3 aromatic carbocycles. The molecule has 138 valence electrons. The van der Waals surface area contributed by atoms with Gasteiger partial charge in [0, 0.05) is 30.7 Å². The molecule has 0 fully saturated rings. The third-order valence-electron chi connectivity index (χ3n) is 5.06. The van der Waals surface area contributed by atoms with Gasteiger partial charge in [-0.25, -0.2) is 0 Å². The number of aromatic nitrogens is 1. The predicted octanol–water partition coefficient (Wildman–Crippen LogP) is 5.48. The molecule has 4 aromatic rings. The van der Waals surface area contributed by atoms with Crippen LogP contribution in [0.5, 0.6) is 0 Å². The number of carbonyl (C=O) groups excluding carboxylic acids is 1. The van der Waals surface area contributed by atoms with Gasteiger partial charge >= 0.3 is 0 Å². The van der Waals surface area contributed by atoms with Gasteiger partial charge in [0.05, 0.1) is 5.52 Å². The number of fused-ring (bicyclic) bond motifs is 1. The van der Waals surface area contributed by atoms with Crippen LogP contribution in [0.4, 0.5) is 0 Å². The van der Waals surface area contributed by atoms with Crippen molar-refractivity contribution in [3.63, 3.8) is 0 Å². The first kappa shape index (κ1) is 17.9. The quantitative estimate of drug-likeness (QED) is 0.479. The normalized spacial score (nSPS) is 10.8. The number of hydrogen-bond donors (Lipinski definition) is 0. The number of amides is 1. The van der Waals surface area contributed by atoms with Crippen LogP contribution in [0.2, 0.25) is 0 Å². The molecule has 0 bridgehead atoms. The summed E-state index contributed by atoms with van der Waals surface area (Å²) in [4.78, 5) is 19.6. The van der Waals surface area contributed by atoms with Gasteiger partial charge < -0.3 is 4.90 Å². The number of nitrogens with zero attached hydrogens (tertiary/aromatic N) is 2. The molecule has 0 aliphatic heterocycles. The van der Waals surface area contributed by atoms with Crippen molar-refractivity contribution in [1.29, 1.82) is 0 Å². The van der Waals surface area contributed by atoms with Crippen LogP contribution < -0.4 is 0 Å². The Morgan fingerprint density at radius 2 is 1.57 bits per heavy atom. The van der Waals surface area contributed by atoms with E-state index in [2.05, 4.69) is 24.0 Å². The van der Waals surface area contributed by atoms with Crippen molar-refractivity contribution in [2.75, 3.05) is 7.05 Å². The van der Waals surface area contributed by atoms with E-state index in [0.717, 1.165) is 33.2 Å². The van der Waals surface area contributed by atoms with Gasteiger partial charge in [-0.2, -0.15) is 0 Å². The Labute approximate surface area is 165 Å². The molecule has 3 nitrogen and oxygen atoms in total. The molecule has 0 spiro atoms. The average Bonchev–Trinajstić information content (AvgIpc) is 2.74. The Morgan fingerprint density at radius 1 is 0.857 bits per heavy atom. The summed E-state index contributed by atoms with van der Waals surface area (Å²) in [6.07, 6.45) is 1.79. The van der Waals surface area contributed by atoms with Crippen LogP contribution in [0.1, 0.15) is 21.5 Å². The number of aryl methyl sites for hydroxylation is 1. The molecule has 1 heterocycles. The molecule has 28 heavy (non-hydrogen) atoms. The molecular weight excluding hydrogens is 344 g/mol. The molecule has 0 unspecified atom stereocenters. The Balaban J connectivity index is 1.68. The van der Waals surface area contributed by atoms with Crippen molar-refractivity contribution in [2.24, 2.45) is 0 Å². The molecule has 0 atom stereocenters. The van der Waals surface area contributed by atoms with Gasteiger partial charge in [-0.15, -0.1) is 0 Å². The second-order valence-electron chi connectivity index (χ2n) is 7.01. The van der Waals surface area contributed by atoms with Gasteiger partial charge in [0.15, 0.2) is 0 Å². The van der Waals surface area contributed by atoms with Crippen molar-refractivity contribution in [2.45, 2.75) is 13.5 Å². The Morgan fingerprint density at radius 3 is 2.39 bits per heavy atom. The third kappa shape index (κ3) is 3.39. The number of para-hydroxylation sites is 1. The second kappa shape index (κ2) is 7.65. The van der Waals surface area contributed by atoms with E-state index < -0.39 is 0 Å². The second-order valence-corrected chi connectivity index (χ2v) is 7.01. The number of carbonyl (C=O) groups is 1. The summed E-state index contributed by atoms with van der Waals surface area (Å²) in [6, 6.07) is 26.0. The highest BCUT2D eigenvalue weighted by molar-refractivity contribution is 6.01. The van der Waals surface area contributed by atoms with Crippen LogP contribution in [0, 0.1) is 6.92 Å². The van der Waals surface area contributed by atoms with Crippen molar-refractivity contribution in [3.05, 3.63) is 102 Å². The minimum absolute atomic E-state index is 0.00628. The summed E-state index contributed by atoms with van der Waals surface area (Å²) in [6.45, 7) is 2.58. The fraction of sp³-hybridized carbons (Fsp3) is 0.120. The molecule has 1 aromatic heterocycles. The number of pyridine rings is 1. The standard InChI is InChI=1S/C25H22N2O/c1-18-9-3-4-13-21(18)22-14-5-6-15-23(22)25(28)27(2)17-20-11-7-10-19-12-8-16-26-24(19)20/h3-16H,17H2,1-2H3. The highest BCUT2D eigenvalue weighted by Gasteiger charge is 2.18. The monoisotopic (exact) mass is 366 g/mol. The van der Waals surface area contributed by atoms with Crippen LogP contribution in [-0.4, -0.2) is 22.8 Å². The maximum absolute atomic E-state index is 13.3. The van der Waals surface area contributed by atoms with E-state index >= 15 is 0 Å². The lowest BCUT2D eigenvalue weighted by Crippen LogP contribution is -2.27. The molecule has 1 amide bonds. The Bertz CT molecular complexity index is 1140. The number of benzene rings is 3. The summed E-state index contributed by atoms with van der Waals surface area (Å²) < 4.78 is 0. The zero-order chi connectivity index (χ0) is 19.5. The molecule has 0 aliphatic carbocycles. The summed E-state index contributed by atoms with van der Waals surface area (Å²) in [5.74, 6) is 0.00628. The van der Waals surface area contributed by atoms with Crippen LogP contribution in [-0.2, 0) is 6.54 Å². The fourth-order valence-corrected chi connectivity index (χ4v) is 3.61. The van der Waals surface area contributed by atoms with Crippen LogP contribution in [0.3, 0.4) is 0 Å². The molecule has 0 saturated carbocycles. The van der Waals surface area contributed by atoms with E-state index in [1.165, 1.54) is 0 Å². The molecular formula is C25H22N2O. The van der Waals surface area contributed by atoms with Crippen LogP contribution in [0.25, 0.3) is 22.0 Å². The summed E-state index contributed by atoms with van der Waals surface area (Å²) in [7, 11) is 1.85. The smallest absolute Gasteiger partial charge is 0.254 e. The summed E-state index contributed by atoms with van der Waals surface area (Å²) in [5, 5.41) is 1.08. The molecule has 3 heteroatoms. The zero-order valence-corrected chi connectivity index (χ0v) is 16.1.